The minimum atomic E-state index is 0. The van der Waals surface area contributed by atoms with Gasteiger partial charge in [0.2, 0.25) is 0 Å². The lowest BCUT2D eigenvalue weighted by Gasteiger charge is -2.36. The molecule has 1 aliphatic rings. The Morgan fingerprint density at radius 2 is 2.00 bits per heavy atom. The third-order valence-corrected chi connectivity index (χ3v) is 4.26. The standard InChI is InChI=1S/C17H25BrN2O.2ClH/c1-4-21-17-6-5-14(18)12-15(17)16(11-13(2)3)20-9-7-19-8-10-20;;/h5-6,12,16,19H,2,4,7-11H2,1,3H3;2*1H/t16-;;/m0../s1. The highest BCUT2D eigenvalue weighted by Gasteiger charge is 2.25. The van der Waals surface area contributed by atoms with Gasteiger partial charge in [-0.3, -0.25) is 4.90 Å². The average Bonchev–Trinajstić information content (AvgIpc) is 2.48. The van der Waals surface area contributed by atoms with Gasteiger partial charge in [0.25, 0.3) is 0 Å². The van der Waals surface area contributed by atoms with E-state index in [1.807, 2.05) is 13.0 Å². The molecule has 0 unspecified atom stereocenters. The lowest BCUT2D eigenvalue weighted by Crippen LogP contribution is -2.45. The van der Waals surface area contributed by atoms with Gasteiger partial charge in [-0.2, -0.15) is 0 Å². The lowest BCUT2D eigenvalue weighted by atomic mass is 9.97. The Kier molecular flexibility index (Phi) is 11.2. The molecule has 1 aromatic carbocycles. The molecular formula is C17H27BrCl2N2O. The van der Waals surface area contributed by atoms with E-state index in [2.05, 4.69) is 51.8 Å². The Balaban J connectivity index is 0.00000242. The summed E-state index contributed by atoms with van der Waals surface area (Å²) in [5, 5.41) is 3.42. The van der Waals surface area contributed by atoms with E-state index in [9.17, 15) is 0 Å². The number of hydrogen-bond donors (Lipinski definition) is 1. The molecule has 1 atom stereocenters. The smallest absolute Gasteiger partial charge is 0.124 e. The highest BCUT2D eigenvalue weighted by Crippen LogP contribution is 2.35. The van der Waals surface area contributed by atoms with Crippen molar-refractivity contribution in [2.75, 3.05) is 32.8 Å². The van der Waals surface area contributed by atoms with E-state index in [0.29, 0.717) is 12.6 Å². The molecule has 1 N–H and O–H groups in total. The molecule has 0 spiro atoms. The van der Waals surface area contributed by atoms with Crippen LogP contribution in [-0.4, -0.2) is 37.7 Å². The number of halogens is 3. The van der Waals surface area contributed by atoms with Crippen LogP contribution < -0.4 is 10.1 Å². The van der Waals surface area contributed by atoms with Crippen molar-refractivity contribution >= 4 is 40.7 Å². The van der Waals surface area contributed by atoms with Crippen molar-refractivity contribution in [2.24, 2.45) is 0 Å². The average molecular weight is 426 g/mol. The molecule has 1 aliphatic heterocycles. The van der Waals surface area contributed by atoms with E-state index in [1.54, 1.807) is 0 Å². The molecule has 1 aromatic rings. The van der Waals surface area contributed by atoms with Crippen molar-refractivity contribution in [1.29, 1.82) is 0 Å². The number of hydrogen-bond acceptors (Lipinski definition) is 3. The molecule has 3 nitrogen and oxygen atoms in total. The zero-order valence-electron chi connectivity index (χ0n) is 13.8. The van der Waals surface area contributed by atoms with Crippen LogP contribution in [0, 0.1) is 0 Å². The summed E-state index contributed by atoms with van der Waals surface area (Å²) in [6.45, 7) is 13.2. The normalized spacial score (nSPS) is 16.0. The Labute approximate surface area is 160 Å². The highest BCUT2D eigenvalue weighted by atomic mass is 79.9. The summed E-state index contributed by atoms with van der Waals surface area (Å²) >= 11 is 3.60. The predicted octanol–water partition coefficient (Wildman–Crippen LogP) is 4.60. The van der Waals surface area contributed by atoms with Gasteiger partial charge < -0.3 is 10.1 Å². The summed E-state index contributed by atoms with van der Waals surface area (Å²) in [6, 6.07) is 6.64. The van der Waals surface area contributed by atoms with Gasteiger partial charge in [0, 0.05) is 42.3 Å². The Morgan fingerprint density at radius 3 is 2.57 bits per heavy atom. The maximum Gasteiger partial charge on any atom is 0.124 e. The molecule has 23 heavy (non-hydrogen) atoms. The van der Waals surface area contributed by atoms with Crippen LogP contribution in [0.5, 0.6) is 5.75 Å². The van der Waals surface area contributed by atoms with E-state index < -0.39 is 0 Å². The van der Waals surface area contributed by atoms with Crippen LogP contribution >= 0.6 is 40.7 Å². The van der Waals surface area contributed by atoms with Crippen LogP contribution in [0.4, 0.5) is 0 Å². The monoisotopic (exact) mass is 424 g/mol. The van der Waals surface area contributed by atoms with Crippen molar-refractivity contribution in [3.63, 3.8) is 0 Å². The van der Waals surface area contributed by atoms with Crippen molar-refractivity contribution in [3.8, 4) is 5.75 Å². The first-order valence-electron chi connectivity index (χ1n) is 7.63. The number of nitrogens with zero attached hydrogens (tertiary/aromatic N) is 1. The van der Waals surface area contributed by atoms with E-state index >= 15 is 0 Å². The first-order valence-corrected chi connectivity index (χ1v) is 8.42. The molecule has 0 bridgehead atoms. The Bertz CT molecular complexity index is 493. The molecule has 0 amide bonds. The number of ether oxygens (including phenoxy) is 1. The minimum absolute atomic E-state index is 0. The van der Waals surface area contributed by atoms with E-state index in [1.165, 1.54) is 11.1 Å². The number of rotatable bonds is 6. The topological polar surface area (TPSA) is 24.5 Å². The third-order valence-electron chi connectivity index (χ3n) is 3.76. The molecule has 1 heterocycles. The van der Waals surface area contributed by atoms with Crippen LogP contribution in [0.2, 0.25) is 0 Å². The Morgan fingerprint density at radius 1 is 1.35 bits per heavy atom. The van der Waals surface area contributed by atoms with Gasteiger partial charge in [-0.25, -0.2) is 0 Å². The highest BCUT2D eigenvalue weighted by molar-refractivity contribution is 9.10. The van der Waals surface area contributed by atoms with Crippen molar-refractivity contribution in [1.82, 2.24) is 10.2 Å². The molecule has 0 saturated carbocycles. The molecule has 0 radical (unpaired) electrons. The second-order valence-electron chi connectivity index (χ2n) is 5.58. The minimum Gasteiger partial charge on any atom is -0.494 e. The van der Waals surface area contributed by atoms with Gasteiger partial charge in [-0.1, -0.05) is 21.5 Å². The van der Waals surface area contributed by atoms with Crippen LogP contribution in [0.15, 0.2) is 34.8 Å². The molecule has 132 valence electrons. The zero-order valence-corrected chi connectivity index (χ0v) is 17.0. The third kappa shape index (κ3) is 6.63. The van der Waals surface area contributed by atoms with Gasteiger partial charge in [0.1, 0.15) is 5.75 Å². The Hall–Kier alpha value is -0.260. The van der Waals surface area contributed by atoms with Crippen molar-refractivity contribution < 1.29 is 4.74 Å². The number of piperazine rings is 1. The van der Waals surface area contributed by atoms with E-state index in [-0.39, 0.29) is 24.8 Å². The molecule has 6 heteroatoms. The largest absolute Gasteiger partial charge is 0.494 e. The molecule has 1 fully saturated rings. The summed E-state index contributed by atoms with van der Waals surface area (Å²) in [6.07, 6.45) is 0.969. The van der Waals surface area contributed by atoms with E-state index in [4.69, 9.17) is 4.74 Å². The van der Waals surface area contributed by atoms with E-state index in [0.717, 1.165) is 42.8 Å². The predicted molar refractivity (Wildman–Crippen MR) is 106 cm³/mol. The summed E-state index contributed by atoms with van der Waals surface area (Å²) < 4.78 is 6.95. The molecule has 2 rings (SSSR count). The quantitative estimate of drug-likeness (QED) is 0.673. The van der Waals surface area contributed by atoms with Crippen LogP contribution in [0.25, 0.3) is 0 Å². The maximum absolute atomic E-state index is 5.85. The molecule has 1 saturated heterocycles. The van der Waals surface area contributed by atoms with Crippen LogP contribution in [0.3, 0.4) is 0 Å². The summed E-state index contributed by atoms with van der Waals surface area (Å²) in [4.78, 5) is 2.54. The molecule has 0 aromatic heterocycles. The van der Waals surface area contributed by atoms with Gasteiger partial charge in [-0.15, -0.1) is 31.4 Å². The first-order chi connectivity index (χ1) is 10.1. The lowest BCUT2D eigenvalue weighted by molar-refractivity contribution is 0.168. The van der Waals surface area contributed by atoms with Crippen molar-refractivity contribution in [3.05, 3.63) is 40.4 Å². The fourth-order valence-corrected chi connectivity index (χ4v) is 3.21. The number of benzene rings is 1. The number of nitrogens with one attached hydrogen (secondary N) is 1. The van der Waals surface area contributed by atoms with Crippen LogP contribution in [0.1, 0.15) is 31.9 Å². The van der Waals surface area contributed by atoms with Gasteiger partial charge in [0.05, 0.1) is 6.61 Å². The molecule has 0 aliphatic carbocycles. The van der Waals surface area contributed by atoms with Crippen molar-refractivity contribution in [2.45, 2.75) is 26.3 Å². The molecular weight excluding hydrogens is 399 g/mol. The van der Waals surface area contributed by atoms with Crippen LogP contribution in [-0.2, 0) is 0 Å². The van der Waals surface area contributed by atoms with Gasteiger partial charge in [0.15, 0.2) is 0 Å². The zero-order chi connectivity index (χ0) is 15.2. The first kappa shape index (κ1) is 22.7. The second-order valence-corrected chi connectivity index (χ2v) is 6.49. The summed E-state index contributed by atoms with van der Waals surface area (Å²) in [5.41, 5.74) is 2.47. The second kappa shape index (κ2) is 11.3. The SMILES string of the molecule is C=C(C)C[C@@H](c1cc(Br)ccc1OCC)N1CCNCC1.Cl.Cl. The maximum atomic E-state index is 5.85. The van der Waals surface area contributed by atoms with Gasteiger partial charge >= 0.3 is 0 Å². The summed E-state index contributed by atoms with van der Waals surface area (Å²) in [5.74, 6) is 0.991. The summed E-state index contributed by atoms with van der Waals surface area (Å²) in [7, 11) is 0. The fourth-order valence-electron chi connectivity index (χ4n) is 2.83. The van der Waals surface area contributed by atoms with Gasteiger partial charge in [-0.05, 0) is 38.5 Å². The fraction of sp³-hybridized carbons (Fsp3) is 0.529.